The van der Waals surface area contributed by atoms with Crippen LogP contribution in [0.5, 0.6) is 0 Å². The number of nitrogens with one attached hydrogen (secondary N) is 1. The van der Waals surface area contributed by atoms with E-state index in [1.165, 1.54) is 24.9 Å². The van der Waals surface area contributed by atoms with Gasteiger partial charge in [0.25, 0.3) is 0 Å². The first-order valence-corrected chi connectivity index (χ1v) is 7.52. The first-order valence-electron chi connectivity index (χ1n) is 7.52. The van der Waals surface area contributed by atoms with Gasteiger partial charge in [0.2, 0.25) is 0 Å². The van der Waals surface area contributed by atoms with Gasteiger partial charge in [-0.05, 0) is 56.0 Å². The number of benzene rings is 1. The van der Waals surface area contributed by atoms with Crippen molar-refractivity contribution < 1.29 is 4.39 Å². The molecule has 0 aliphatic carbocycles. The predicted octanol–water partition coefficient (Wildman–Crippen LogP) is 3.70. The third kappa shape index (κ3) is 3.47. The molecule has 0 aromatic heterocycles. The molecule has 1 atom stereocenters. The van der Waals surface area contributed by atoms with E-state index in [-0.39, 0.29) is 5.82 Å². The van der Waals surface area contributed by atoms with Gasteiger partial charge in [0.1, 0.15) is 5.82 Å². The van der Waals surface area contributed by atoms with Crippen LogP contribution in [-0.2, 0) is 6.54 Å². The summed E-state index contributed by atoms with van der Waals surface area (Å²) in [4.78, 5) is 2.48. The number of nitrogens with zero attached hydrogens (tertiary/aromatic N) is 1. The summed E-state index contributed by atoms with van der Waals surface area (Å²) < 4.78 is 13.5. The Morgan fingerprint density at radius 2 is 2.16 bits per heavy atom. The molecule has 2 rings (SSSR count). The molecule has 1 fully saturated rings. The largest absolute Gasteiger partial charge is 0.368 e. The Morgan fingerprint density at radius 1 is 1.32 bits per heavy atom. The van der Waals surface area contributed by atoms with Crippen molar-refractivity contribution in [3.8, 4) is 0 Å². The van der Waals surface area contributed by atoms with Gasteiger partial charge in [0, 0.05) is 24.8 Å². The van der Waals surface area contributed by atoms with Crippen LogP contribution in [0.15, 0.2) is 18.2 Å². The zero-order chi connectivity index (χ0) is 13.7. The third-order valence-electron chi connectivity index (χ3n) is 4.01. The minimum absolute atomic E-state index is 0.137. The fourth-order valence-corrected chi connectivity index (χ4v) is 2.98. The highest BCUT2D eigenvalue weighted by Crippen LogP contribution is 2.29. The monoisotopic (exact) mass is 264 g/mol. The highest BCUT2D eigenvalue weighted by molar-refractivity contribution is 5.55. The molecule has 0 amide bonds. The molecular weight excluding hydrogens is 239 g/mol. The molecule has 2 nitrogen and oxygen atoms in total. The Kier molecular flexibility index (Phi) is 5.20. The van der Waals surface area contributed by atoms with E-state index in [1.54, 1.807) is 12.1 Å². The molecule has 1 N–H and O–H groups in total. The van der Waals surface area contributed by atoms with Crippen molar-refractivity contribution in [3.63, 3.8) is 0 Å². The van der Waals surface area contributed by atoms with Gasteiger partial charge in [0.05, 0.1) is 0 Å². The zero-order valence-electron chi connectivity index (χ0n) is 12.1. The summed E-state index contributed by atoms with van der Waals surface area (Å²) in [5.41, 5.74) is 2.30. The number of rotatable bonds is 5. The highest BCUT2D eigenvalue weighted by atomic mass is 19.1. The number of hydrogen-bond donors (Lipinski definition) is 1. The lowest BCUT2D eigenvalue weighted by atomic mass is 9.98. The fraction of sp³-hybridized carbons (Fsp3) is 0.625. The molecule has 0 radical (unpaired) electrons. The van der Waals surface area contributed by atoms with Crippen LogP contribution in [0.3, 0.4) is 0 Å². The Morgan fingerprint density at radius 3 is 2.89 bits per heavy atom. The summed E-state index contributed by atoms with van der Waals surface area (Å²) in [7, 11) is 0. The van der Waals surface area contributed by atoms with E-state index in [4.69, 9.17) is 0 Å². The maximum absolute atomic E-state index is 13.5. The molecule has 1 aliphatic rings. The summed E-state index contributed by atoms with van der Waals surface area (Å²) in [6, 6.07) is 5.83. The van der Waals surface area contributed by atoms with Crippen molar-refractivity contribution >= 4 is 5.69 Å². The lowest BCUT2D eigenvalue weighted by molar-refractivity contribution is 0.448. The molecular formula is C16H25FN2. The van der Waals surface area contributed by atoms with Crippen molar-refractivity contribution in [1.29, 1.82) is 0 Å². The summed E-state index contributed by atoms with van der Waals surface area (Å²) in [5.74, 6) is -0.137. The molecule has 3 heteroatoms. The second-order valence-electron chi connectivity index (χ2n) is 5.30. The molecule has 1 heterocycles. The average Bonchev–Trinajstić information content (AvgIpc) is 2.45. The average molecular weight is 264 g/mol. The maximum Gasteiger partial charge on any atom is 0.123 e. The Bertz CT molecular complexity index is 406. The molecule has 1 aliphatic heterocycles. The standard InChI is InChI=1S/C16H25FN2/c1-3-15-7-5-6-10-19(15)16-9-8-14(17)11-13(16)12-18-4-2/h8-9,11,15,18H,3-7,10,12H2,1-2H3. The first kappa shape index (κ1) is 14.3. The van der Waals surface area contributed by atoms with E-state index in [9.17, 15) is 4.39 Å². The fourth-order valence-electron chi connectivity index (χ4n) is 2.98. The van der Waals surface area contributed by atoms with Crippen molar-refractivity contribution in [1.82, 2.24) is 5.32 Å². The summed E-state index contributed by atoms with van der Waals surface area (Å²) in [5, 5.41) is 3.31. The number of anilines is 1. The Labute approximate surface area is 116 Å². The second kappa shape index (κ2) is 6.90. The van der Waals surface area contributed by atoms with Gasteiger partial charge < -0.3 is 10.2 Å². The van der Waals surface area contributed by atoms with E-state index >= 15 is 0 Å². The van der Waals surface area contributed by atoms with Crippen molar-refractivity contribution in [2.75, 3.05) is 18.0 Å². The minimum Gasteiger partial charge on any atom is -0.368 e. The molecule has 1 aromatic carbocycles. The molecule has 1 unspecified atom stereocenters. The lowest BCUT2D eigenvalue weighted by Gasteiger charge is -2.38. The van der Waals surface area contributed by atoms with Crippen LogP contribution in [0.2, 0.25) is 0 Å². The van der Waals surface area contributed by atoms with Crippen molar-refractivity contribution in [3.05, 3.63) is 29.6 Å². The van der Waals surface area contributed by atoms with Gasteiger partial charge in [-0.1, -0.05) is 13.8 Å². The third-order valence-corrected chi connectivity index (χ3v) is 4.01. The second-order valence-corrected chi connectivity index (χ2v) is 5.30. The smallest absolute Gasteiger partial charge is 0.123 e. The van der Waals surface area contributed by atoms with Gasteiger partial charge in [-0.15, -0.1) is 0 Å². The molecule has 1 aromatic rings. The van der Waals surface area contributed by atoms with Gasteiger partial charge in [-0.25, -0.2) is 4.39 Å². The van der Waals surface area contributed by atoms with Crippen LogP contribution in [0.4, 0.5) is 10.1 Å². The van der Waals surface area contributed by atoms with Crippen LogP contribution in [0.25, 0.3) is 0 Å². The van der Waals surface area contributed by atoms with Crippen LogP contribution in [0.1, 0.15) is 45.1 Å². The summed E-state index contributed by atoms with van der Waals surface area (Å²) >= 11 is 0. The highest BCUT2D eigenvalue weighted by Gasteiger charge is 2.22. The van der Waals surface area contributed by atoms with Crippen molar-refractivity contribution in [2.45, 2.75) is 52.1 Å². The van der Waals surface area contributed by atoms with Gasteiger partial charge in [-0.2, -0.15) is 0 Å². The number of hydrogen-bond acceptors (Lipinski definition) is 2. The molecule has 1 saturated heterocycles. The van der Waals surface area contributed by atoms with Crippen LogP contribution < -0.4 is 10.2 Å². The zero-order valence-corrected chi connectivity index (χ0v) is 12.1. The maximum atomic E-state index is 13.5. The molecule has 0 spiro atoms. The van der Waals surface area contributed by atoms with Crippen LogP contribution in [-0.4, -0.2) is 19.1 Å². The van der Waals surface area contributed by atoms with Crippen LogP contribution in [0, 0.1) is 5.82 Å². The predicted molar refractivity (Wildman–Crippen MR) is 79.1 cm³/mol. The van der Waals surface area contributed by atoms with Crippen molar-refractivity contribution in [2.24, 2.45) is 0 Å². The first-order chi connectivity index (χ1) is 9.26. The lowest BCUT2D eigenvalue weighted by Crippen LogP contribution is -2.40. The van der Waals surface area contributed by atoms with Crippen LogP contribution >= 0.6 is 0 Å². The number of piperidine rings is 1. The molecule has 19 heavy (non-hydrogen) atoms. The normalized spacial score (nSPS) is 19.7. The quantitative estimate of drug-likeness (QED) is 0.872. The van der Waals surface area contributed by atoms with E-state index in [0.717, 1.165) is 31.6 Å². The SMILES string of the molecule is CCNCc1cc(F)ccc1N1CCCCC1CC. The van der Waals surface area contributed by atoms with E-state index < -0.39 is 0 Å². The summed E-state index contributed by atoms with van der Waals surface area (Å²) in [6.07, 6.45) is 4.99. The minimum atomic E-state index is -0.137. The molecule has 0 saturated carbocycles. The molecule has 106 valence electrons. The van der Waals surface area contributed by atoms with Gasteiger partial charge >= 0.3 is 0 Å². The van der Waals surface area contributed by atoms with E-state index in [0.29, 0.717) is 6.04 Å². The Balaban J connectivity index is 2.25. The van der Waals surface area contributed by atoms with Gasteiger partial charge in [0.15, 0.2) is 0 Å². The topological polar surface area (TPSA) is 15.3 Å². The molecule has 0 bridgehead atoms. The summed E-state index contributed by atoms with van der Waals surface area (Å²) in [6.45, 7) is 7.08. The van der Waals surface area contributed by atoms with E-state index in [2.05, 4.69) is 24.1 Å². The Hall–Kier alpha value is -1.09. The van der Waals surface area contributed by atoms with Gasteiger partial charge in [-0.3, -0.25) is 0 Å². The van der Waals surface area contributed by atoms with E-state index in [1.807, 2.05) is 6.07 Å². The number of halogens is 1.